The maximum Gasteiger partial charge on any atom is 0.407 e. The minimum Gasteiger partial charge on any atom is -0.478 e. The topological polar surface area (TPSA) is 63.3 Å². The normalized spacial score (nSPS) is 13.6. The van der Waals surface area contributed by atoms with Gasteiger partial charge in [-0.1, -0.05) is 12.1 Å². The van der Waals surface area contributed by atoms with Gasteiger partial charge in [-0.3, -0.25) is 0 Å². The van der Waals surface area contributed by atoms with E-state index in [1.165, 1.54) is 12.1 Å². The van der Waals surface area contributed by atoms with Crippen molar-refractivity contribution in [3.05, 3.63) is 35.4 Å². The maximum atomic E-state index is 12.2. The summed E-state index contributed by atoms with van der Waals surface area (Å²) < 4.78 is 36.6. The third-order valence-corrected chi connectivity index (χ3v) is 1.85. The van der Waals surface area contributed by atoms with E-state index in [1.54, 1.807) is 0 Å². The molecule has 0 aromatic heterocycles. The van der Waals surface area contributed by atoms with Crippen LogP contribution in [-0.2, 0) is 0 Å². The molecule has 82 valence electrons. The first-order chi connectivity index (χ1) is 6.82. The summed E-state index contributed by atoms with van der Waals surface area (Å²) >= 11 is 0. The van der Waals surface area contributed by atoms with Gasteiger partial charge in [-0.2, -0.15) is 13.2 Å². The van der Waals surface area contributed by atoms with E-state index < -0.39 is 18.2 Å². The highest BCUT2D eigenvalue weighted by molar-refractivity contribution is 5.87. The van der Waals surface area contributed by atoms with Crippen LogP contribution in [0, 0.1) is 0 Å². The first kappa shape index (κ1) is 11.5. The molecule has 1 rings (SSSR count). The molecule has 0 bridgehead atoms. The second-order valence-electron chi connectivity index (χ2n) is 2.95. The third-order valence-electron chi connectivity index (χ3n) is 1.85. The SMILES string of the molecule is N[C@H](c1cccc(C(=O)O)c1)C(F)(F)F. The van der Waals surface area contributed by atoms with E-state index in [0.717, 1.165) is 12.1 Å². The standard InChI is InChI=1S/C9H8F3NO2/c10-9(11,12)7(13)5-2-1-3-6(4-5)8(14)15/h1-4,7H,13H2,(H,14,15)/t7-/m1/s1. The highest BCUT2D eigenvalue weighted by Crippen LogP contribution is 2.30. The Hall–Kier alpha value is -1.56. The molecule has 0 saturated heterocycles. The fraction of sp³-hybridized carbons (Fsp3) is 0.222. The average molecular weight is 219 g/mol. The molecule has 1 atom stereocenters. The van der Waals surface area contributed by atoms with Gasteiger partial charge in [0.1, 0.15) is 6.04 Å². The molecule has 0 amide bonds. The van der Waals surface area contributed by atoms with Crippen LogP contribution in [0.5, 0.6) is 0 Å². The second kappa shape index (κ2) is 3.90. The van der Waals surface area contributed by atoms with E-state index in [9.17, 15) is 18.0 Å². The van der Waals surface area contributed by atoms with Crippen molar-refractivity contribution in [1.82, 2.24) is 0 Å². The van der Waals surface area contributed by atoms with Gasteiger partial charge in [0.25, 0.3) is 0 Å². The predicted molar refractivity (Wildman–Crippen MR) is 46.4 cm³/mol. The lowest BCUT2D eigenvalue weighted by Crippen LogP contribution is -2.28. The number of benzene rings is 1. The zero-order valence-electron chi connectivity index (χ0n) is 7.45. The maximum absolute atomic E-state index is 12.2. The molecule has 6 heteroatoms. The molecule has 0 radical (unpaired) electrons. The van der Waals surface area contributed by atoms with Crippen LogP contribution < -0.4 is 5.73 Å². The molecule has 1 aromatic carbocycles. The Balaban J connectivity index is 3.06. The molecule has 0 saturated carbocycles. The lowest BCUT2D eigenvalue weighted by Gasteiger charge is -2.15. The van der Waals surface area contributed by atoms with E-state index in [2.05, 4.69) is 0 Å². The van der Waals surface area contributed by atoms with Gasteiger partial charge in [0.05, 0.1) is 5.56 Å². The van der Waals surface area contributed by atoms with Gasteiger partial charge in [-0.15, -0.1) is 0 Å². The third kappa shape index (κ3) is 2.69. The smallest absolute Gasteiger partial charge is 0.407 e. The second-order valence-corrected chi connectivity index (χ2v) is 2.95. The first-order valence-electron chi connectivity index (χ1n) is 3.98. The van der Waals surface area contributed by atoms with Crippen molar-refractivity contribution in [2.75, 3.05) is 0 Å². The van der Waals surface area contributed by atoms with E-state index in [0.29, 0.717) is 0 Å². The zero-order chi connectivity index (χ0) is 11.6. The lowest BCUT2D eigenvalue weighted by atomic mass is 10.0. The van der Waals surface area contributed by atoms with Crippen LogP contribution in [0.1, 0.15) is 22.0 Å². The predicted octanol–water partition coefficient (Wildman–Crippen LogP) is 1.95. The minimum absolute atomic E-state index is 0.216. The van der Waals surface area contributed by atoms with Gasteiger partial charge < -0.3 is 10.8 Å². The minimum atomic E-state index is -4.57. The number of hydrogen-bond donors (Lipinski definition) is 2. The quantitative estimate of drug-likeness (QED) is 0.798. The van der Waals surface area contributed by atoms with Gasteiger partial charge in [0.15, 0.2) is 0 Å². The summed E-state index contributed by atoms with van der Waals surface area (Å²) in [6.07, 6.45) is -4.57. The number of carbonyl (C=O) groups is 1. The molecule has 0 heterocycles. The number of hydrogen-bond acceptors (Lipinski definition) is 2. The van der Waals surface area contributed by atoms with Crippen molar-refractivity contribution in [3.63, 3.8) is 0 Å². The van der Waals surface area contributed by atoms with Crippen molar-refractivity contribution in [3.8, 4) is 0 Å². The van der Waals surface area contributed by atoms with Gasteiger partial charge in [0, 0.05) is 0 Å². The van der Waals surface area contributed by atoms with Crippen molar-refractivity contribution < 1.29 is 23.1 Å². The van der Waals surface area contributed by atoms with Crippen LogP contribution in [0.25, 0.3) is 0 Å². The number of aromatic carboxylic acids is 1. The Labute approximate surface area is 83.3 Å². The molecule has 3 N–H and O–H groups in total. The monoisotopic (exact) mass is 219 g/mol. The van der Waals surface area contributed by atoms with E-state index in [1.807, 2.05) is 0 Å². The van der Waals surface area contributed by atoms with Crippen LogP contribution >= 0.6 is 0 Å². The summed E-state index contributed by atoms with van der Waals surface area (Å²) in [7, 11) is 0. The molecular weight excluding hydrogens is 211 g/mol. The Morgan fingerprint density at radius 3 is 2.47 bits per heavy atom. The molecule has 1 aromatic rings. The highest BCUT2D eigenvalue weighted by atomic mass is 19.4. The zero-order valence-corrected chi connectivity index (χ0v) is 7.45. The Morgan fingerprint density at radius 1 is 1.40 bits per heavy atom. The highest BCUT2D eigenvalue weighted by Gasteiger charge is 2.37. The summed E-state index contributed by atoms with van der Waals surface area (Å²) in [6, 6.07) is 2.33. The van der Waals surface area contributed by atoms with Crippen LogP contribution in [0.4, 0.5) is 13.2 Å². The molecule has 3 nitrogen and oxygen atoms in total. The van der Waals surface area contributed by atoms with Crippen LogP contribution in [0.15, 0.2) is 24.3 Å². The van der Waals surface area contributed by atoms with Crippen molar-refractivity contribution in [2.24, 2.45) is 5.73 Å². The van der Waals surface area contributed by atoms with Crippen molar-refractivity contribution in [1.29, 1.82) is 0 Å². The van der Waals surface area contributed by atoms with E-state index >= 15 is 0 Å². The summed E-state index contributed by atoms with van der Waals surface area (Å²) in [4.78, 5) is 10.5. The number of rotatable bonds is 2. The Bertz CT molecular complexity index is 376. The van der Waals surface area contributed by atoms with Gasteiger partial charge >= 0.3 is 12.1 Å². The molecule has 0 aliphatic heterocycles. The van der Waals surface area contributed by atoms with Gasteiger partial charge in [-0.05, 0) is 17.7 Å². The molecule has 0 aliphatic rings. The van der Waals surface area contributed by atoms with Crippen LogP contribution in [0.2, 0.25) is 0 Å². The summed E-state index contributed by atoms with van der Waals surface area (Å²) in [5, 5.41) is 8.57. The van der Waals surface area contributed by atoms with Crippen LogP contribution in [0.3, 0.4) is 0 Å². The molecule has 0 unspecified atom stereocenters. The number of alkyl halides is 3. The molecule has 0 spiro atoms. The number of halogens is 3. The van der Waals surface area contributed by atoms with Crippen molar-refractivity contribution in [2.45, 2.75) is 12.2 Å². The fourth-order valence-corrected chi connectivity index (χ4v) is 1.05. The number of carboxylic acids is 1. The average Bonchev–Trinajstić information content (AvgIpc) is 2.15. The largest absolute Gasteiger partial charge is 0.478 e. The lowest BCUT2D eigenvalue weighted by molar-refractivity contribution is -0.149. The molecular formula is C9H8F3NO2. The van der Waals surface area contributed by atoms with Crippen molar-refractivity contribution >= 4 is 5.97 Å². The van der Waals surface area contributed by atoms with Gasteiger partial charge in [0.2, 0.25) is 0 Å². The summed E-state index contributed by atoms with van der Waals surface area (Å²) in [5.74, 6) is -1.29. The Kier molecular flexibility index (Phi) is 2.99. The summed E-state index contributed by atoms with van der Waals surface area (Å²) in [6.45, 7) is 0. The summed E-state index contributed by atoms with van der Waals surface area (Å²) in [5.41, 5.74) is 4.45. The number of nitrogens with two attached hydrogens (primary N) is 1. The van der Waals surface area contributed by atoms with E-state index in [-0.39, 0.29) is 11.1 Å². The molecule has 15 heavy (non-hydrogen) atoms. The first-order valence-corrected chi connectivity index (χ1v) is 3.98. The Morgan fingerprint density at radius 2 is 2.00 bits per heavy atom. The van der Waals surface area contributed by atoms with Gasteiger partial charge in [-0.25, -0.2) is 4.79 Å². The molecule has 0 fully saturated rings. The van der Waals surface area contributed by atoms with Crippen LogP contribution in [-0.4, -0.2) is 17.3 Å². The number of carboxylic acid groups (broad SMARTS) is 1. The molecule has 0 aliphatic carbocycles. The fourth-order valence-electron chi connectivity index (χ4n) is 1.05. The van der Waals surface area contributed by atoms with E-state index in [4.69, 9.17) is 10.8 Å².